The van der Waals surface area contributed by atoms with Crippen molar-refractivity contribution in [3.05, 3.63) is 23.2 Å². The second-order valence-corrected chi connectivity index (χ2v) is 7.21. The van der Waals surface area contributed by atoms with Crippen molar-refractivity contribution < 1.29 is 13.2 Å². The quantitative estimate of drug-likeness (QED) is 0.786. The van der Waals surface area contributed by atoms with Gasteiger partial charge < -0.3 is 11.1 Å². The largest absolute Gasteiger partial charge is 0.399 e. The molecule has 1 aliphatic carbocycles. The summed E-state index contributed by atoms with van der Waals surface area (Å²) in [5, 5.41) is 2.78. The minimum atomic E-state index is -3.81. The van der Waals surface area contributed by atoms with E-state index in [1.807, 2.05) is 0 Å². The number of carbonyl (C=O) groups excluding carboxylic acids is 1. The number of halogens is 1. The molecule has 1 amide bonds. The Labute approximate surface area is 122 Å². The van der Waals surface area contributed by atoms with Crippen LogP contribution in [0.1, 0.15) is 12.8 Å². The highest BCUT2D eigenvalue weighted by Crippen LogP contribution is 2.26. The summed E-state index contributed by atoms with van der Waals surface area (Å²) in [5.41, 5.74) is 5.91. The fourth-order valence-electron chi connectivity index (χ4n) is 1.68. The summed E-state index contributed by atoms with van der Waals surface area (Å²) in [6.45, 7) is -0.237. The molecular weight excluding hydrogens is 302 g/mol. The van der Waals surface area contributed by atoms with Crippen molar-refractivity contribution in [3.8, 4) is 0 Å². The van der Waals surface area contributed by atoms with E-state index in [2.05, 4.69) is 5.32 Å². The first-order valence-corrected chi connectivity index (χ1v) is 7.93. The van der Waals surface area contributed by atoms with Gasteiger partial charge in [0.05, 0.1) is 11.6 Å². The van der Waals surface area contributed by atoms with Crippen LogP contribution in [0.4, 0.5) is 5.69 Å². The summed E-state index contributed by atoms with van der Waals surface area (Å²) >= 11 is 5.90. The van der Waals surface area contributed by atoms with Crippen molar-refractivity contribution in [1.82, 2.24) is 9.62 Å². The van der Waals surface area contributed by atoms with Crippen LogP contribution < -0.4 is 11.1 Å². The Hall–Kier alpha value is -1.31. The number of hydrogen-bond donors (Lipinski definition) is 2. The number of nitrogens with zero attached hydrogens (tertiary/aromatic N) is 1. The molecular formula is C12H16ClN3O3S. The molecule has 8 heteroatoms. The standard InChI is InChI=1S/C12H16ClN3O3S/c1-16(7-12(17)15-9-3-4-9)20(18,19)11-5-2-8(14)6-10(11)13/h2,5-6,9H,3-4,7,14H2,1H3,(H,15,17). The normalized spacial score (nSPS) is 15.3. The average Bonchev–Trinajstić information content (AvgIpc) is 3.11. The molecule has 1 fully saturated rings. The Kier molecular flexibility index (Phi) is 4.22. The Balaban J connectivity index is 2.13. The Bertz CT molecular complexity index is 629. The van der Waals surface area contributed by atoms with Crippen LogP contribution in [0, 0.1) is 0 Å². The number of hydrogen-bond acceptors (Lipinski definition) is 4. The molecule has 0 heterocycles. The van der Waals surface area contributed by atoms with Crippen LogP contribution in [0.5, 0.6) is 0 Å². The van der Waals surface area contributed by atoms with E-state index in [-0.39, 0.29) is 28.4 Å². The molecule has 3 N–H and O–H groups in total. The van der Waals surface area contributed by atoms with Crippen LogP contribution in [0.25, 0.3) is 0 Å². The molecule has 0 aromatic heterocycles. The topological polar surface area (TPSA) is 92.5 Å². The van der Waals surface area contributed by atoms with E-state index in [1.165, 1.54) is 25.2 Å². The van der Waals surface area contributed by atoms with Gasteiger partial charge in [-0.2, -0.15) is 4.31 Å². The van der Waals surface area contributed by atoms with Gasteiger partial charge in [0.1, 0.15) is 4.90 Å². The Morgan fingerprint density at radius 2 is 2.15 bits per heavy atom. The lowest BCUT2D eigenvalue weighted by Crippen LogP contribution is -2.39. The zero-order valence-corrected chi connectivity index (χ0v) is 12.5. The van der Waals surface area contributed by atoms with Gasteiger partial charge >= 0.3 is 0 Å². The van der Waals surface area contributed by atoms with Crippen molar-refractivity contribution in [2.45, 2.75) is 23.8 Å². The number of likely N-dealkylation sites (N-methyl/N-ethyl adjacent to an activating group) is 1. The number of benzene rings is 1. The smallest absolute Gasteiger partial charge is 0.244 e. The number of carbonyl (C=O) groups is 1. The highest BCUT2D eigenvalue weighted by atomic mass is 35.5. The summed E-state index contributed by atoms with van der Waals surface area (Å²) in [7, 11) is -2.47. The van der Waals surface area contributed by atoms with E-state index in [1.54, 1.807) is 0 Å². The zero-order chi connectivity index (χ0) is 14.9. The summed E-state index contributed by atoms with van der Waals surface area (Å²) in [4.78, 5) is 11.6. The van der Waals surface area contributed by atoms with E-state index in [0.717, 1.165) is 17.1 Å². The lowest BCUT2D eigenvalue weighted by molar-refractivity contribution is -0.121. The number of nitrogens with two attached hydrogens (primary N) is 1. The van der Waals surface area contributed by atoms with E-state index in [4.69, 9.17) is 17.3 Å². The van der Waals surface area contributed by atoms with Gasteiger partial charge in [-0.05, 0) is 31.0 Å². The molecule has 1 aromatic carbocycles. The lowest BCUT2D eigenvalue weighted by Gasteiger charge is -2.17. The molecule has 20 heavy (non-hydrogen) atoms. The summed E-state index contributed by atoms with van der Waals surface area (Å²) in [5.74, 6) is -0.315. The maximum Gasteiger partial charge on any atom is 0.244 e. The van der Waals surface area contributed by atoms with Gasteiger partial charge in [-0.1, -0.05) is 11.6 Å². The second kappa shape index (κ2) is 5.59. The van der Waals surface area contributed by atoms with Crippen LogP contribution in [0.2, 0.25) is 5.02 Å². The van der Waals surface area contributed by atoms with Crippen molar-refractivity contribution in [2.24, 2.45) is 0 Å². The molecule has 0 saturated heterocycles. The Morgan fingerprint density at radius 3 is 2.70 bits per heavy atom. The monoisotopic (exact) mass is 317 g/mol. The third-order valence-electron chi connectivity index (χ3n) is 2.95. The zero-order valence-electron chi connectivity index (χ0n) is 11.0. The van der Waals surface area contributed by atoms with Gasteiger partial charge in [0.2, 0.25) is 15.9 Å². The number of amides is 1. The summed E-state index contributed by atoms with van der Waals surface area (Å²) in [6.07, 6.45) is 1.90. The minimum Gasteiger partial charge on any atom is -0.399 e. The van der Waals surface area contributed by atoms with Crippen LogP contribution in [-0.2, 0) is 14.8 Å². The number of nitrogens with one attached hydrogen (secondary N) is 1. The van der Waals surface area contributed by atoms with Gasteiger partial charge in [-0.25, -0.2) is 8.42 Å². The van der Waals surface area contributed by atoms with Crippen molar-refractivity contribution >= 4 is 33.2 Å². The molecule has 0 aliphatic heterocycles. The predicted molar refractivity (Wildman–Crippen MR) is 76.8 cm³/mol. The highest BCUT2D eigenvalue weighted by Gasteiger charge is 2.28. The first-order chi connectivity index (χ1) is 9.30. The predicted octanol–water partition coefficient (Wildman–Crippen LogP) is 0.821. The number of nitrogen functional groups attached to an aromatic ring is 1. The molecule has 1 saturated carbocycles. The molecule has 0 bridgehead atoms. The number of rotatable bonds is 5. The SMILES string of the molecule is CN(CC(=O)NC1CC1)S(=O)(=O)c1ccc(N)cc1Cl. The maximum atomic E-state index is 12.3. The van der Waals surface area contributed by atoms with Crippen molar-refractivity contribution in [3.63, 3.8) is 0 Å². The molecule has 1 aliphatic rings. The second-order valence-electron chi connectivity index (χ2n) is 4.79. The Morgan fingerprint density at radius 1 is 1.50 bits per heavy atom. The van der Waals surface area contributed by atoms with Gasteiger partial charge in [-0.3, -0.25) is 4.79 Å². The number of anilines is 1. The molecule has 0 radical (unpaired) electrons. The molecule has 6 nitrogen and oxygen atoms in total. The van der Waals surface area contributed by atoms with Crippen LogP contribution in [0.15, 0.2) is 23.1 Å². The van der Waals surface area contributed by atoms with E-state index >= 15 is 0 Å². The van der Waals surface area contributed by atoms with E-state index in [9.17, 15) is 13.2 Å². The first kappa shape index (κ1) is 15.1. The van der Waals surface area contributed by atoms with E-state index in [0.29, 0.717) is 5.69 Å². The lowest BCUT2D eigenvalue weighted by atomic mass is 10.3. The number of sulfonamides is 1. The molecule has 0 atom stereocenters. The minimum absolute atomic E-state index is 0.0412. The van der Waals surface area contributed by atoms with Crippen LogP contribution >= 0.6 is 11.6 Å². The first-order valence-electron chi connectivity index (χ1n) is 6.11. The van der Waals surface area contributed by atoms with Crippen molar-refractivity contribution in [1.29, 1.82) is 0 Å². The third-order valence-corrected chi connectivity index (χ3v) is 5.24. The highest BCUT2D eigenvalue weighted by molar-refractivity contribution is 7.89. The van der Waals surface area contributed by atoms with Gasteiger partial charge in [0.15, 0.2) is 0 Å². The maximum absolute atomic E-state index is 12.3. The fourth-order valence-corrected chi connectivity index (χ4v) is 3.33. The van der Waals surface area contributed by atoms with Gasteiger partial charge in [0, 0.05) is 18.8 Å². The molecule has 1 aromatic rings. The van der Waals surface area contributed by atoms with Crippen LogP contribution in [-0.4, -0.2) is 38.3 Å². The summed E-state index contributed by atoms with van der Waals surface area (Å²) < 4.78 is 25.6. The third kappa shape index (κ3) is 3.41. The summed E-state index contributed by atoms with van der Waals surface area (Å²) in [6, 6.07) is 4.35. The molecule has 2 rings (SSSR count). The average molecular weight is 318 g/mol. The molecule has 110 valence electrons. The fraction of sp³-hybridized carbons (Fsp3) is 0.417. The van der Waals surface area contributed by atoms with Gasteiger partial charge in [-0.15, -0.1) is 0 Å². The van der Waals surface area contributed by atoms with E-state index < -0.39 is 10.0 Å². The van der Waals surface area contributed by atoms with Crippen molar-refractivity contribution in [2.75, 3.05) is 19.3 Å². The van der Waals surface area contributed by atoms with Crippen LogP contribution in [0.3, 0.4) is 0 Å². The molecule has 0 unspecified atom stereocenters. The molecule has 0 spiro atoms. The van der Waals surface area contributed by atoms with Gasteiger partial charge in [0.25, 0.3) is 0 Å².